The molecule has 1 amide bonds. The average Bonchev–Trinajstić information content (AvgIpc) is 3.41. The summed E-state index contributed by atoms with van der Waals surface area (Å²) in [4.78, 5) is 24.6. The van der Waals surface area contributed by atoms with Crippen molar-refractivity contribution in [2.45, 2.75) is 392 Å². The second kappa shape index (κ2) is 64.9. The summed E-state index contributed by atoms with van der Waals surface area (Å²) in [6.45, 7) is 4.94. The Bertz CT molecular complexity index is 1170. The second-order valence-corrected chi connectivity index (χ2v) is 23.5. The first-order valence-corrected chi connectivity index (χ1v) is 34.1. The SMILES string of the molecule is CCCCCCCCCCCCCCCCCCCC/C=C/C(O)C(CO)NC(=O)CCCCCCCCC/C=C\CCCCCCCCCCCCCCOC(=O)CCCCCCCCCCCCCCCCC. The van der Waals surface area contributed by atoms with E-state index in [0.717, 1.165) is 44.9 Å². The van der Waals surface area contributed by atoms with E-state index in [9.17, 15) is 19.8 Å². The molecule has 0 aromatic rings. The number of aliphatic hydroxyl groups excluding tert-OH is 2. The number of esters is 1. The predicted molar refractivity (Wildman–Crippen MR) is 329 cm³/mol. The van der Waals surface area contributed by atoms with Crippen LogP contribution >= 0.6 is 0 Å². The van der Waals surface area contributed by atoms with Crippen LogP contribution in [0.15, 0.2) is 24.3 Å². The van der Waals surface area contributed by atoms with Gasteiger partial charge in [-0.15, -0.1) is 0 Å². The van der Waals surface area contributed by atoms with Crippen LogP contribution < -0.4 is 5.32 Å². The van der Waals surface area contributed by atoms with Crippen molar-refractivity contribution in [2.24, 2.45) is 0 Å². The van der Waals surface area contributed by atoms with E-state index < -0.39 is 12.1 Å². The third-order valence-electron chi connectivity index (χ3n) is 16.0. The molecule has 2 unspecified atom stereocenters. The van der Waals surface area contributed by atoms with Crippen molar-refractivity contribution >= 4 is 11.9 Å². The fourth-order valence-electron chi connectivity index (χ4n) is 10.7. The van der Waals surface area contributed by atoms with Crippen LogP contribution in [0.4, 0.5) is 0 Å². The van der Waals surface area contributed by atoms with Gasteiger partial charge in [-0.3, -0.25) is 9.59 Å². The Balaban J connectivity index is 3.43. The maximum atomic E-state index is 12.5. The topological polar surface area (TPSA) is 95.9 Å². The minimum atomic E-state index is -0.849. The predicted octanol–water partition coefficient (Wildman–Crippen LogP) is 21.8. The first-order valence-electron chi connectivity index (χ1n) is 34.1. The summed E-state index contributed by atoms with van der Waals surface area (Å²) < 4.78 is 5.49. The summed E-state index contributed by atoms with van der Waals surface area (Å²) >= 11 is 0. The van der Waals surface area contributed by atoms with Crippen LogP contribution in [0.3, 0.4) is 0 Å². The zero-order chi connectivity index (χ0) is 54.3. The highest BCUT2D eigenvalue weighted by Gasteiger charge is 2.18. The van der Waals surface area contributed by atoms with Crippen molar-refractivity contribution in [2.75, 3.05) is 13.2 Å². The molecule has 0 rings (SSSR count). The van der Waals surface area contributed by atoms with Crippen LogP contribution in [0.5, 0.6) is 0 Å². The number of nitrogens with one attached hydrogen (secondary N) is 1. The third kappa shape index (κ3) is 61.4. The zero-order valence-electron chi connectivity index (χ0n) is 50.8. The van der Waals surface area contributed by atoms with Crippen LogP contribution in [-0.2, 0) is 14.3 Å². The monoisotopic (exact) mass is 1060 g/mol. The summed E-state index contributed by atoms with van der Waals surface area (Å²) in [6.07, 6.45) is 81.0. The molecular formula is C69H133NO5. The van der Waals surface area contributed by atoms with Gasteiger partial charge in [0.25, 0.3) is 0 Å². The Labute approximate surface area is 469 Å². The number of aliphatic hydroxyl groups is 2. The lowest BCUT2D eigenvalue weighted by molar-refractivity contribution is -0.143. The number of hydrogen-bond donors (Lipinski definition) is 3. The van der Waals surface area contributed by atoms with Crippen LogP contribution in [-0.4, -0.2) is 47.4 Å². The Hall–Kier alpha value is -1.66. The Morgan fingerprint density at radius 2 is 0.627 bits per heavy atom. The number of allylic oxidation sites excluding steroid dienone is 3. The van der Waals surface area contributed by atoms with E-state index in [2.05, 4.69) is 31.3 Å². The van der Waals surface area contributed by atoms with E-state index in [4.69, 9.17) is 4.74 Å². The van der Waals surface area contributed by atoms with E-state index in [1.54, 1.807) is 6.08 Å². The Kier molecular flexibility index (Phi) is 63.4. The van der Waals surface area contributed by atoms with Gasteiger partial charge in [0, 0.05) is 12.8 Å². The van der Waals surface area contributed by atoms with E-state index in [1.807, 2.05) is 6.08 Å². The standard InChI is InChI=1S/C69H133NO5/c1-3-5-7-9-11-13-15-17-19-20-21-27-30-34-37-41-45-49-53-57-61-67(72)66(65-71)70-68(73)62-58-54-50-46-42-38-35-31-28-25-23-22-24-26-29-32-36-40-44-48-52-56-60-64-75-69(74)63-59-55-51-47-43-39-33-18-16-14-12-10-8-6-4-2/h25,28,57,61,66-67,71-72H,3-24,26-27,29-56,58-60,62-65H2,1-2H3,(H,70,73)/b28-25-,61-57+. The van der Waals surface area contributed by atoms with Gasteiger partial charge in [0.2, 0.25) is 5.91 Å². The molecule has 3 N–H and O–H groups in total. The maximum absolute atomic E-state index is 12.5. The van der Waals surface area contributed by atoms with Crippen molar-refractivity contribution in [3.8, 4) is 0 Å². The molecule has 0 heterocycles. The molecule has 0 saturated carbocycles. The maximum Gasteiger partial charge on any atom is 0.305 e. The van der Waals surface area contributed by atoms with Gasteiger partial charge in [0.05, 0.1) is 25.4 Å². The number of hydrogen-bond acceptors (Lipinski definition) is 5. The van der Waals surface area contributed by atoms with Crippen molar-refractivity contribution < 1.29 is 24.5 Å². The van der Waals surface area contributed by atoms with Crippen LogP contribution in [0.25, 0.3) is 0 Å². The summed E-state index contributed by atoms with van der Waals surface area (Å²) in [6, 6.07) is -0.633. The molecule has 0 bridgehead atoms. The first kappa shape index (κ1) is 73.3. The fraction of sp³-hybridized carbons (Fsp3) is 0.913. The quantitative estimate of drug-likeness (QED) is 0.0320. The highest BCUT2D eigenvalue weighted by atomic mass is 16.5. The van der Waals surface area contributed by atoms with E-state index >= 15 is 0 Å². The molecule has 75 heavy (non-hydrogen) atoms. The fourth-order valence-corrected chi connectivity index (χ4v) is 10.7. The summed E-state index contributed by atoms with van der Waals surface area (Å²) in [5.74, 6) is -0.0562. The summed E-state index contributed by atoms with van der Waals surface area (Å²) in [5, 5.41) is 23.2. The van der Waals surface area contributed by atoms with E-state index in [0.29, 0.717) is 19.4 Å². The number of carbonyl (C=O) groups excluding carboxylic acids is 2. The third-order valence-corrected chi connectivity index (χ3v) is 16.0. The minimum Gasteiger partial charge on any atom is -0.466 e. The Morgan fingerprint density at radius 1 is 0.360 bits per heavy atom. The van der Waals surface area contributed by atoms with Gasteiger partial charge in [0.15, 0.2) is 0 Å². The minimum absolute atomic E-state index is 0.0146. The number of ether oxygens (including phenoxy) is 1. The molecule has 0 aliphatic heterocycles. The number of unbranched alkanes of at least 4 members (excludes halogenated alkanes) is 51. The lowest BCUT2D eigenvalue weighted by Crippen LogP contribution is -2.45. The molecule has 0 radical (unpaired) electrons. The molecule has 6 heteroatoms. The summed E-state index contributed by atoms with van der Waals surface area (Å²) in [7, 11) is 0. The van der Waals surface area contributed by atoms with Crippen LogP contribution in [0, 0.1) is 0 Å². The molecule has 0 spiro atoms. The van der Waals surface area contributed by atoms with Crippen molar-refractivity contribution in [3.05, 3.63) is 24.3 Å². The average molecular weight is 1060 g/mol. The smallest absolute Gasteiger partial charge is 0.305 e. The lowest BCUT2D eigenvalue weighted by atomic mass is 10.0. The summed E-state index contributed by atoms with van der Waals surface area (Å²) in [5.41, 5.74) is 0. The van der Waals surface area contributed by atoms with Gasteiger partial charge in [-0.25, -0.2) is 0 Å². The van der Waals surface area contributed by atoms with Gasteiger partial charge in [0.1, 0.15) is 0 Å². The van der Waals surface area contributed by atoms with Gasteiger partial charge in [-0.05, 0) is 57.8 Å². The first-order chi connectivity index (χ1) is 37.0. The molecule has 6 nitrogen and oxygen atoms in total. The lowest BCUT2D eigenvalue weighted by Gasteiger charge is -2.20. The molecule has 0 aromatic heterocycles. The van der Waals surface area contributed by atoms with E-state index in [-0.39, 0.29) is 18.5 Å². The van der Waals surface area contributed by atoms with Crippen molar-refractivity contribution in [1.29, 1.82) is 0 Å². The largest absolute Gasteiger partial charge is 0.466 e. The highest BCUT2D eigenvalue weighted by molar-refractivity contribution is 5.76. The zero-order valence-corrected chi connectivity index (χ0v) is 50.8. The highest BCUT2D eigenvalue weighted by Crippen LogP contribution is 2.18. The number of rotatable bonds is 64. The van der Waals surface area contributed by atoms with Crippen LogP contribution in [0.1, 0.15) is 380 Å². The van der Waals surface area contributed by atoms with Gasteiger partial charge >= 0.3 is 5.97 Å². The molecule has 0 aliphatic carbocycles. The van der Waals surface area contributed by atoms with Gasteiger partial charge in [-0.2, -0.15) is 0 Å². The number of amides is 1. The molecule has 444 valence electrons. The number of carbonyl (C=O) groups is 2. The van der Waals surface area contributed by atoms with Gasteiger partial charge < -0.3 is 20.3 Å². The molecule has 2 atom stereocenters. The molecular weight excluding hydrogens is 923 g/mol. The second-order valence-electron chi connectivity index (χ2n) is 23.5. The Morgan fingerprint density at radius 3 is 0.947 bits per heavy atom. The van der Waals surface area contributed by atoms with Crippen LogP contribution in [0.2, 0.25) is 0 Å². The molecule has 0 aliphatic rings. The molecule has 0 aromatic carbocycles. The molecule has 0 saturated heterocycles. The normalized spacial score (nSPS) is 12.6. The van der Waals surface area contributed by atoms with E-state index in [1.165, 1.54) is 308 Å². The van der Waals surface area contributed by atoms with Gasteiger partial charge in [-0.1, -0.05) is 334 Å². The molecule has 0 fully saturated rings. The van der Waals surface area contributed by atoms with Crippen molar-refractivity contribution in [3.63, 3.8) is 0 Å². The van der Waals surface area contributed by atoms with Crippen molar-refractivity contribution in [1.82, 2.24) is 5.32 Å².